The average molecular weight is 249 g/mol. The van der Waals surface area contributed by atoms with Crippen molar-refractivity contribution in [3.05, 3.63) is 23.5 Å². The van der Waals surface area contributed by atoms with Gasteiger partial charge in [0.25, 0.3) is 0 Å². The summed E-state index contributed by atoms with van der Waals surface area (Å²) in [7, 11) is 0. The standard InChI is InChI=1S/C14H20FN3/c1-5-14(3,4)8-18-12-6-9(2)10(15)7-11(12)17-13(18)16/h6-7H,5,8H2,1-4H3,(H2,16,17). The monoisotopic (exact) mass is 249 g/mol. The molecule has 0 radical (unpaired) electrons. The van der Waals surface area contributed by atoms with Crippen molar-refractivity contribution in [3.63, 3.8) is 0 Å². The van der Waals surface area contributed by atoms with Crippen molar-refractivity contribution in [2.75, 3.05) is 5.73 Å². The van der Waals surface area contributed by atoms with E-state index in [9.17, 15) is 4.39 Å². The molecule has 0 unspecified atom stereocenters. The zero-order valence-electron chi connectivity index (χ0n) is 11.4. The van der Waals surface area contributed by atoms with Crippen molar-refractivity contribution < 1.29 is 4.39 Å². The molecule has 1 heterocycles. The number of aromatic nitrogens is 2. The van der Waals surface area contributed by atoms with Gasteiger partial charge in [-0.25, -0.2) is 9.37 Å². The van der Waals surface area contributed by atoms with Crippen LogP contribution in [0.3, 0.4) is 0 Å². The topological polar surface area (TPSA) is 43.8 Å². The van der Waals surface area contributed by atoms with E-state index in [-0.39, 0.29) is 11.2 Å². The maximum absolute atomic E-state index is 13.5. The number of fused-ring (bicyclic) bond motifs is 1. The molecule has 1 aromatic carbocycles. The second-order valence-corrected chi connectivity index (χ2v) is 5.66. The number of rotatable bonds is 3. The molecule has 0 aliphatic heterocycles. The number of halogens is 1. The van der Waals surface area contributed by atoms with Gasteiger partial charge in [-0.3, -0.25) is 0 Å². The van der Waals surface area contributed by atoms with Crippen LogP contribution in [0.1, 0.15) is 32.8 Å². The third-order valence-corrected chi connectivity index (χ3v) is 3.60. The van der Waals surface area contributed by atoms with Crippen LogP contribution in [0.2, 0.25) is 0 Å². The van der Waals surface area contributed by atoms with Gasteiger partial charge in [-0.2, -0.15) is 0 Å². The van der Waals surface area contributed by atoms with Gasteiger partial charge in [0, 0.05) is 12.6 Å². The lowest BCUT2D eigenvalue weighted by molar-refractivity contribution is 0.300. The fourth-order valence-electron chi connectivity index (χ4n) is 1.97. The average Bonchev–Trinajstić information content (AvgIpc) is 2.57. The summed E-state index contributed by atoms with van der Waals surface area (Å²) >= 11 is 0. The van der Waals surface area contributed by atoms with Gasteiger partial charge < -0.3 is 10.3 Å². The minimum Gasteiger partial charge on any atom is -0.369 e. The summed E-state index contributed by atoms with van der Waals surface area (Å²) in [5, 5.41) is 0. The molecule has 98 valence electrons. The normalized spacial score (nSPS) is 12.3. The summed E-state index contributed by atoms with van der Waals surface area (Å²) in [5.74, 6) is 0.221. The summed E-state index contributed by atoms with van der Waals surface area (Å²) < 4.78 is 15.5. The van der Waals surface area contributed by atoms with E-state index in [4.69, 9.17) is 5.73 Å². The quantitative estimate of drug-likeness (QED) is 0.904. The van der Waals surface area contributed by atoms with Crippen LogP contribution in [-0.2, 0) is 6.54 Å². The molecular weight excluding hydrogens is 229 g/mol. The Morgan fingerprint density at radius 1 is 1.39 bits per heavy atom. The van der Waals surface area contributed by atoms with Gasteiger partial charge in [-0.15, -0.1) is 0 Å². The second kappa shape index (κ2) is 4.26. The van der Waals surface area contributed by atoms with Gasteiger partial charge in [0.15, 0.2) is 0 Å². The minimum absolute atomic E-state index is 0.143. The molecular formula is C14H20FN3. The highest BCUT2D eigenvalue weighted by Gasteiger charge is 2.20. The fourth-order valence-corrected chi connectivity index (χ4v) is 1.97. The van der Waals surface area contributed by atoms with Gasteiger partial charge in [0.05, 0.1) is 11.0 Å². The van der Waals surface area contributed by atoms with Crippen LogP contribution in [0.15, 0.2) is 12.1 Å². The molecule has 2 aromatic rings. The van der Waals surface area contributed by atoms with Crippen molar-refractivity contribution in [3.8, 4) is 0 Å². The first-order valence-corrected chi connectivity index (χ1v) is 6.26. The van der Waals surface area contributed by atoms with E-state index in [0.717, 1.165) is 18.5 Å². The summed E-state index contributed by atoms with van der Waals surface area (Å²) in [6, 6.07) is 3.27. The first-order valence-electron chi connectivity index (χ1n) is 6.26. The second-order valence-electron chi connectivity index (χ2n) is 5.66. The van der Waals surface area contributed by atoms with E-state index >= 15 is 0 Å². The Hall–Kier alpha value is -1.58. The SMILES string of the molecule is CCC(C)(C)Cn1c(N)nc2cc(F)c(C)cc21. The Morgan fingerprint density at radius 3 is 2.67 bits per heavy atom. The van der Waals surface area contributed by atoms with Crippen molar-refractivity contribution in [1.29, 1.82) is 0 Å². The third kappa shape index (κ3) is 2.19. The fraction of sp³-hybridized carbons (Fsp3) is 0.500. The highest BCUT2D eigenvalue weighted by atomic mass is 19.1. The Kier molecular flexibility index (Phi) is 3.05. The van der Waals surface area contributed by atoms with Crippen LogP contribution in [0, 0.1) is 18.2 Å². The molecule has 0 aliphatic carbocycles. The molecule has 0 spiro atoms. The molecule has 0 aliphatic rings. The lowest BCUT2D eigenvalue weighted by Gasteiger charge is -2.24. The Morgan fingerprint density at radius 2 is 2.06 bits per heavy atom. The Bertz CT molecular complexity index is 584. The highest BCUT2D eigenvalue weighted by Crippen LogP contribution is 2.28. The number of nitrogens with zero attached hydrogens (tertiary/aromatic N) is 2. The van der Waals surface area contributed by atoms with Crippen LogP contribution in [0.4, 0.5) is 10.3 Å². The predicted octanol–water partition coefficient (Wildman–Crippen LogP) is 3.50. The van der Waals surface area contributed by atoms with Crippen LogP contribution >= 0.6 is 0 Å². The summed E-state index contributed by atoms with van der Waals surface area (Å²) in [6.45, 7) is 9.08. The zero-order valence-corrected chi connectivity index (χ0v) is 11.4. The van der Waals surface area contributed by atoms with E-state index in [1.54, 1.807) is 6.92 Å². The maximum Gasteiger partial charge on any atom is 0.201 e. The molecule has 2 rings (SSSR count). The van der Waals surface area contributed by atoms with Crippen molar-refractivity contribution in [2.24, 2.45) is 5.41 Å². The van der Waals surface area contributed by atoms with Crippen molar-refractivity contribution >= 4 is 17.0 Å². The van der Waals surface area contributed by atoms with Gasteiger partial charge in [0.1, 0.15) is 5.82 Å². The largest absolute Gasteiger partial charge is 0.369 e. The van der Waals surface area contributed by atoms with E-state index in [1.807, 2.05) is 10.6 Å². The van der Waals surface area contributed by atoms with Crippen LogP contribution in [-0.4, -0.2) is 9.55 Å². The highest BCUT2D eigenvalue weighted by molar-refractivity contribution is 5.79. The van der Waals surface area contributed by atoms with E-state index in [2.05, 4.69) is 25.8 Å². The number of imidazole rings is 1. The molecule has 0 fully saturated rings. The molecule has 18 heavy (non-hydrogen) atoms. The summed E-state index contributed by atoms with van der Waals surface area (Å²) in [5.41, 5.74) is 8.25. The van der Waals surface area contributed by atoms with Gasteiger partial charge in [0.2, 0.25) is 5.95 Å². The predicted molar refractivity (Wildman–Crippen MR) is 72.9 cm³/mol. The summed E-state index contributed by atoms with van der Waals surface area (Å²) in [6.07, 6.45) is 1.05. The van der Waals surface area contributed by atoms with Crippen LogP contribution in [0.25, 0.3) is 11.0 Å². The van der Waals surface area contributed by atoms with E-state index in [0.29, 0.717) is 17.0 Å². The number of nitrogens with two attached hydrogens (primary N) is 1. The molecule has 0 saturated carbocycles. The van der Waals surface area contributed by atoms with E-state index in [1.165, 1.54) is 6.07 Å². The smallest absolute Gasteiger partial charge is 0.201 e. The third-order valence-electron chi connectivity index (χ3n) is 3.60. The van der Waals surface area contributed by atoms with Crippen LogP contribution in [0.5, 0.6) is 0 Å². The summed E-state index contributed by atoms with van der Waals surface area (Å²) in [4.78, 5) is 4.23. The number of hydrogen-bond acceptors (Lipinski definition) is 2. The Labute approximate surface area is 107 Å². The number of nitrogen functional groups attached to an aromatic ring is 1. The first-order chi connectivity index (χ1) is 8.34. The molecule has 2 N–H and O–H groups in total. The van der Waals surface area contributed by atoms with E-state index < -0.39 is 0 Å². The Balaban J connectivity index is 2.57. The first kappa shape index (κ1) is 12.9. The zero-order chi connectivity index (χ0) is 13.5. The lowest BCUT2D eigenvalue weighted by atomic mass is 9.90. The number of benzene rings is 1. The van der Waals surface area contributed by atoms with Gasteiger partial charge in [-0.1, -0.05) is 20.8 Å². The number of anilines is 1. The van der Waals surface area contributed by atoms with Crippen molar-refractivity contribution in [1.82, 2.24) is 9.55 Å². The molecule has 0 bridgehead atoms. The number of aryl methyl sites for hydroxylation is 1. The molecule has 4 heteroatoms. The minimum atomic E-state index is -0.234. The molecule has 0 amide bonds. The van der Waals surface area contributed by atoms with Gasteiger partial charge in [-0.05, 0) is 30.4 Å². The molecule has 0 saturated heterocycles. The molecule has 3 nitrogen and oxygen atoms in total. The number of hydrogen-bond donors (Lipinski definition) is 1. The van der Waals surface area contributed by atoms with Crippen LogP contribution < -0.4 is 5.73 Å². The lowest BCUT2D eigenvalue weighted by Crippen LogP contribution is -2.19. The molecule has 0 atom stereocenters. The van der Waals surface area contributed by atoms with Crippen molar-refractivity contribution in [2.45, 2.75) is 40.7 Å². The van der Waals surface area contributed by atoms with Gasteiger partial charge >= 0.3 is 0 Å². The maximum atomic E-state index is 13.5. The molecule has 1 aromatic heterocycles.